The third kappa shape index (κ3) is 2.60. The second-order valence-electron chi connectivity index (χ2n) is 5.13. The third-order valence-electron chi connectivity index (χ3n) is 3.54. The van der Waals surface area contributed by atoms with Crippen LogP contribution in [0, 0.1) is 0 Å². The summed E-state index contributed by atoms with van der Waals surface area (Å²) in [4.78, 5) is 10.1. The summed E-state index contributed by atoms with van der Waals surface area (Å²) in [5, 5.41) is 2.20. The Bertz CT molecular complexity index is 699. The lowest BCUT2D eigenvalue weighted by Gasteiger charge is -2.22. The summed E-state index contributed by atoms with van der Waals surface area (Å²) in [7, 11) is 1.74. The van der Waals surface area contributed by atoms with Gasteiger partial charge in [0.2, 0.25) is 11.7 Å². The van der Waals surface area contributed by atoms with Gasteiger partial charge in [0.05, 0.1) is 0 Å². The van der Waals surface area contributed by atoms with Crippen molar-refractivity contribution in [1.29, 1.82) is 0 Å². The molecule has 1 unspecified atom stereocenters. The van der Waals surface area contributed by atoms with Gasteiger partial charge in [0, 0.05) is 17.6 Å². The van der Waals surface area contributed by atoms with Crippen molar-refractivity contribution in [2.45, 2.75) is 12.6 Å². The summed E-state index contributed by atoms with van der Waals surface area (Å²) in [5.74, 6) is 0.370. The summed E-state index contributed by atoms with van der Waals surface area (Å²) in [6.45, 7) is 1.89. The predicted molar refractivity (Wildman–Crippen MR) is 84.7 cm³/mol. The summed E-state index contributed by atoms with van der Waals surface area (Å²) < 4.78 is 0. The van der Waals surface area contributed by atoms with Gasteiger partial charge in [-0.1, -0.05) is 41.9 Å². The highest BCUT2D eigenvalue weighted by atomic mass is 35.5. The van der Waals surface area contributed by atoms with Crippen molar-refractivity contribution < 1.29 is 4.84 Å². The van der Waals surface area contributed by atoms with Gasteiger partial charge in [-0.25, -0.2) is 14.9 Å². The van der Waals surface area contributed by atoms with E-state index in [-0.39, 0.29) is 0 Å². The zero-order chi connectivity index (χ0) is 15.0. The molecule has 21 heavy (non-hydrogen) atoms. The fourth-order valence-electron chi connectivity index (χ4n) is 2.37. The third-order valence-corrected chi connectivity index (χ3v) is 3.79. The second kappa shape index (κ2) is 5.06. The van der Waals surface area contributed by atoms with Crippen LogP contribution in [0.15, 0.2) is 53.5 Å². The summed E-state index contributed by atoms with van der Waals surface area (Å²) in [6.07, 6.45) is 0. The van der Waals surface area contributed by atoms with E-state index in [1.54, 1.807) is 7.05 Å². The molecule has 2 aromatic rings. The van der Waals surface area contributed by atoms with E-state index in [1.165, 1.54) is 5.06 Å². The first-order chi connectivity index (χ1) is 9.98. The topological polar surface area (TPSA) is 50.8 Å². The summed E-state index contributed by atoms with van der Waals surface area (Å²) >= 11 is 5.93. The van der Waals surface area contributed by atoms with E-state index in [9.17, 15) is 0 Å². The quantitative estimate of drug-likeness (QED) is 0.925. The molecule has 1 atom stereocenters. The Morgan fingerprint density at radius 2 is 1.86 bits per heavy atom. The van der Waals surface area contributed by atoms with Gasteiger partial charge in [-0.3, -0.25) is 0 Å². The number of nitrogens with zero attached hydrogens (tertiary/aromatic N) is 2. The van der Waals surface area contributed by atoms with Gasteiger partial charge in [-0.2, -0.15) is 0 Å². The Morgan fingerprint density at radius 3 is 2.48 bits per heavy atom. The van der Waals surface area contributed by atoms with Crippen molar-refractivity contribution in [2.24, 2.45) is 10.7 Å². The SMILES string of the molecule is CN1OC(C)(c2cccc(-c3ccc(Cl)cc3)c2)N=C1N. The molecule has 0 saturated heterocycles. The summed E-state index contributed by atoms with van der Waals surface area (Å²) in [6, 6.07) is 15.8. The molecule has 1 aliphatic rings. The molecular formula is C16H16ClN3O. The lowest BCUT2D eigenvalue weighted by Crippen LogP contribution is -2.30. The average Bonchev–Trinajstić information content (AvgIpc) is 2.74. The van der Waals surface area contributed by atoms with Crippen LogP contribution in [0.3, 0.4) is 0 Å². The zero-order valence-corrected chi connectivity index (χ0v) is 12.6. The van der Waals surface area contributed by atoms with Crippen molar-refractivity contribution in [3.05, 3.63) is 59.1 Å². The maximum Gasteiger partial charge on any atom is 0.218 e. The first kappa shape index (κ1) is 13.9. The lowest BCUT2D eigenvalue weighted by atomic mass is 9.98. The number of rotatable bonds is 2. The van der Waals surface area contributed by atoms with Gasteiger partial charge in [0.1, 0.15) is 0 Å². The molecule has 0 aliphatic carbocycles. The Kier molecular flexibility index (Phi) is 3.35. The molecule has 0 saturated carbocycles. The van der Waals surface area contributed by atoms with Crippen LogP contribution < -0.4 is 5.73 Å². The first-order valence-electron chi connectivity index (χ1n) is 6.63. The van der Waals surface area contributed by atoms with Crippen molar-refractivity contribution in [3.8, 4) is 11.1 Å². The molecule has 4 nitrogen and oxygen atoms in total. The minimum absolute atomic E-state index is 0.370. The standard InChI is InChI=1S/C16H16ClN3O/c1-16(19-15(18)20(2)21-16)13-5-3-4-12(10-13)11-6-8-14(17)9-7-11/h3-10H,1-2H3,(H2,18,19). The molecule has 3 rings (SSSR count). The van der Waals surface area contributed by atoms with Gasteiger partial charge in [0.15, 0.2) is 0 Å². The van der Waals surface area contributed by atoms with Crippen LogP contribution in [0.25, 0.3) is 11.1 Å². The van der Waals surface area contributed by atoms with Crippen molar-refractivity contribution >= 4 is 17.6 Å². The van der Waals surface area contributed by atoms with E-state index in [0.717, 1.165) is 21.7 Å². The number of nitrogens with two attached hydrogens (primary N) is 1. The van der Waals surface area contributed by atoms with Gasteiger partial charge in [-0.15, -0.1) is 0 Å². The van der Waals surface area contributed by atoms with Crippen LogP contribution in [0.1, 0.15) is 12.5 Å². The molecule has 1 heterocycles. The summed E-state index contributed by atoms with van der Waals surface area (Å²) in [5.41, 5.74) is 8.12. The molecule has 0 amide bonds. The molecule has 1 aliphatic heterocycles. The van der Waals surface area contributed by atoms with E-state index in [0.29, 0.717) is 5.96 Å². The van der Waals surface area contributed by atoms with E-state index < -0.39 is 5.72 Å². The molecule has 2 N–H and O–H groups in total. The number of aliphatic imine (C=N–C) groups is 1. The maximum atomic E-state index is 5.93. The number of hydrogen-bond donors (Lipinski definition) is 1. The van der Waals surface area contributed by atoms with Crippen LogP contribution in [0.4, 0.5) is 0 Å². The van der Waals surface area contributed by atoms with E-state index in [4.69, 9.17) is 22.2 Å². The molecule has 108 valence electrons. The average molecular weight is 302 g/mol. The largest absolute Gasteiger partial charge is 0.368 e. The number of guanidine groups is 1. The second-order valence-corrected chi connectivity index (χ2v) is 5.57. The smallest absolute Gasteiger partial charge is 0.218 e. The van der Waals surface area contributed by atoms with Gasteiger partial charge in [0.25, 0.3) is 0 Å². The lowest BCUT2D eigenvalue weighted by molar-refractivity contribution is -0.163. The highest BCUT2D eigenvalue weighted by molar-refractivity contribution is 6.30. The van der Waals surface area contributed by atoms with Crippen LogP contribution >= 0.6 is 11.6 Å². The van der Waals surface area contributed by atoms with Gasteiger partial charge >= 0.3 is 0 Å². The van der Waals surface area contributed by atoms with Crippen LogP contribution in [0.5, 0.6) is 0 Å². The normalized spacial score (nSPS) is 21.5. The molecule has 0 bridgehead atoms. The minimum Gasteiger partial charge on any atom is -0.368 e. The molecule has 2 aromatic carbocycles. The van der Waals surface area contributed by atoms with Crippen LogP contribution in [-0.4, -0.2) is 18.1 Å². The fourth-order valence-corrected chi connectivity index (χ4v) is 2.50. The Balaban J connectivity index is 1.99. The maximum absolute atomic E-state index is 5.93. The van der Waals surface area contributed by atoms with Crippen molar-refractivity contribution in [3.63, 3.8) is 0 Å². The van der Waals surface area contributed by atoms with Crippen LogP contribution in [0.2, 0.25) is 5.02 Å². The molecular weight excluding hydrogens is 286 g/mol. The Hall–Kier alpha value is -2.04. The Labute approximate surface area is 128 Å². The Morgan fingerprint density at radius 1 is 1.14 bits per heavy atom. The monoisotopic (exact) mass is 301 g/mol. The number of hydroxylamine groups is 2. The van der Waals surface area contributed by atoms with E-state index >= 15 is 0 Å². The first-order valence-corrected chi connectivity index (χ1v) is 7.00. The van der Waals surface area contributed by atoms with E-state index in [2.05, 4.69) is 11.1 Å². The number of halogens is 1. The number of benzene rings is 2. The molecule has 0 fully saturated rings. The molecule has 0 spiro atoms. The van der Waals surface area contributed by atoms with E-state index in [1.807, 2.05) is 49.4 Å². The molecule has 0 aromatic heterocycles. The fraction of sp³-hybridized carbons (Fsp3) is 0.188. The van der Waals surface area contributed by atoms with Gasteiger partial charge < -0.3 is 5.73 Å². The predicted octanol–water partition coefficient (Wildman–Crippen LogP) is 3.37. The molecule has 5 heteroatoms. The van der Waals surface area contributed by atoms with Crippen LogP contribution in [-0.2, 0) is 10.6 Å². The van der Waals surface area contributed by atoms with Crippen molar-refractivity contribution in [2.75, 3.05) is 7.05 Å². The number of hydrogen-bond acceptors (Lipinski definition) is 4. The minimum atomic E-state index is -0.790. The zero-order valence-electron chi connectivity index (χ0n) is 11.9. The van der Waals surface area contributed by atoms with Gasteiger partial charge in [-0.05, 0) is 36.2 Å². The highest BCUT2D eigenvalue weighted by Crippen LogP contribution is 2.34. The molecule has 0 radical (unpaired) electrons. The van der Waals surface area contributed by atoms with Crippen molar-refractivity contribution in [1.82, 2.24) is 5.06 Å². The highest BCUT2D eigenvalue weighted by Gasteiger charge is 2.36.